The first kappa shape index (κ1) is 83.9. The summed E-state index contributed by atoms with van der Waals surface area (Å²) in [6.45, 7) is 7.59. The number of anilines is 3. The van der Waals surface area contributed by atoms with Crippen molar-refractivity contribution >= 4 is 88.5 Å². The van der Waals surface area contributed by atoms with Crippen LogP contribution in [-0.2, 0) is 43.5 Å². The van der Waals surface area contributed by atoms with Crippen LogP contribution in [0.3, 0.4) is 0 Å². The Morgan fingerprint density at radius 2 is 0.755 bits per heavy atom. The number of aromatic hydroxyl groups is 1. The van der Waals surface area contributed by atoms with Crippen LogP contribution in [0.25, 0.3) is 5.59 Å². The summed E-state index contributed by atoms with van der Waals surface area (Å²) in [6, 6.07) is 48.4. The molecule has 0 saturated carbocycles. The minimum Gasteiger partial charge on any atom is -0.508 e. The molecule has 1 fully saturated rings. The Labute approximate surface area is 638 Å². The van der Waals surface area contributed by atoms with Crippen LogP contribution in [0, 0.1) is 17.5 Å². The predicted molar refractivity (Wildman–Crippen MR) is 387 cm³/mol. The molecule has 0 spiro atoms. The van der Waals surface area contributed by atoms with Gasteiger partial charge in [0.15, 0.2) is 17.2 Å². The fourth-order valence-electron chi connectivity index (χ4n) is 9.25. The van der Waals surface area contributed by atoms with E-state index in [2.05, 4.69) is 53.6 Å². The maximum Gasteiger partial charge on any atom is 1.00 e. The van der Waals surface area contributed by atoms with Gasteiger partial charge in [0.2, 0.25) is 17.7 Å². The van der Waals surface area contributed by atoms with Crippen LogP contribution >= 0.6 is 47.8 Å². The number of carbonyl (C=O) groups is 4. The van der Waals surface area contributed by atoms with E-state index in [0.29, 0.717) is 79.9 Å². The monoisotopic (exact) mass is 1610 g/mol. The number of phenols is 1. The second-order valence-electron chi connectivity index (χ2n) is 21.0. The van der Waals surface area contributed by atoms with E-state index in [-0.39, 0.29) is 89.8 Å². The molecule has 0 atom stereocenters. The van der Waals surface area contributed by atoms with Crippen molar-refractivity contribution in [2.24, 2.45) is 5.84 Å². The summed E-state index contributed by atoms with van der Waals surface area (Å²) in [5.74, 6) is 6.18. The number of benzene rings is 9. The van der Waals surface area contributed by atoms with Crippen LogP contribution in [0.1, 0.15) is 58.6 Å². The van der Waals surface area contributed by atoms with Gasteiger partial charge in [-0.2, -0.15) is 0 Å². The molecule has 0 aromatic heterocycles. The minimum atomic E-state index is -1.00. The van der Waals surface area contributed by atoms with Gasteiger partial charge < -0.3 is 79.1 Å². The topological polar surface area (TPSA) is 242 Å². The first-order valence-electron chi connectivity index (χ1n) is 31.0. The molecule has 20 nitrogen and oxygen atoms in total. The van der Waals surface area contributed by atoms with Gasteiger partial charge in [0, 0.05) is 89.2 Å². The third kappa shape index (κ3) is 27.6. The average Bonchev–Trinajstić information content (AvgIpc) is 0.895. The van der Waals surface area contributed by atoms with E-state index in [0.717, 1.165) is 26.6 Å². The molecule has 536 valence electrons. The van der Waals surface area contributed by atoms with Crippen LogP contribution in [-0.4, -0.2) is 82.8 Å². The first-order chi connectivity index (χ1) is 48.9. The Bertz CT molecular complexity index is 4170. The van der Waals surface area contributed by atoms with Gasteiger partial charge in [-0.3, -0.25) is 23.6 Å². The molecule has 0 aliphatic carbocycles. The average molecular weight is 1610 g/mol. The Kier molecular flexibility index (Phi) is 36.7. The van der Waals surface area contributed by atoms with E-state index < -0.39 is 30.6 Å². The van der Waals surface area contributed by atoms with Gasteiger partial charge in [0.25, 0.3) is 0 Å². The number of nitrogens with two attached hydrogens (primary N) is 1. The number of ether oxygens (including phenoxy) is 9. The molecule has 4 N–H and O–H groups in total. The molecule has 0 unspecified atom stereocenters. The summed E-state index contributed by atoms with van der Waals surface area (Å²) in [4.78, 5) is 53.2. The number of methoxy groups -OCH3 is 4. The molecular formula is C74H75Br3F4N5NaO15. The number of nitrogens with zero attached hydrogens (tertiary/aromatic N) is 4. The van der Waals surface area contributed by atoms with Gasteiger partial charge in [0.1, 0.15) is 69.2 Å². The zero-order chi connectivity index (χ0) is 74.8. The van der Waals surface area contributed by atoms with Crippen molar-refractivity contribution in [1.29, 1.82) is 0 Å². The Morgan fingerprint density at radius 3 is 1.05 bits per heavy atom. The number of esters is 1. The zero-order valence-electron chi connectivity index (χ0n) is 58.2. The van der Waals surface area contributed by atoms with Crippen LogP contribution in [0.2, 0.25) is 0 Å². The molecule has 1 aliphatic rings. The number of hydrogen-bond donors (Lipinski definition) is 3. The summed E-state index contributed by atoms with van der Waals surface area (Å²) >= 11 is 10.1. The van der Waals surface area contributed by atoms with Gasteiger partial charge in [-0.15, -0.1) is 0 Å². The molecule has 10 rings (SSSR count). The van der Waals surface area contributed by atoms with Crippen molar-refractivity contribution in [2.45, 2.75) is 60.2 Å². The normalized spacial score (nSPS) is 10.9. The number of hydrogen-bond acceptors (Lipinski definition) is 16. The molecule has 1 heterocycles. The number of alkyl halides is 1. The van der Waals surface area contributed by atoms with E-state index >= 15 is 0 Å². The van der Waals surface area contributed by atoms with Crippen molar-refractivity contribution in [2.75, 3.05) is 63.5 Å². The van der Waals surface area contributed by atoms with Crippen LogP contribution in [0.5, 0.6) is 69.0 Å². The Morgan fingerprint density at radius 1 is 0.471 bits per heavy atom. The van der Waals surface area contributed by atoms with Crippen molar-refractivity contribution in [1.82, 2.24) is 0 Å². The van der Waals surface area contributed by atoms with Crippen LogP contribution < -0.4 is 88.0 Å². The van der Waals surface area contributed by atoms with Crippen molar-refractivity contribution in [3.8, 4) is 69.0 Å². The molecule has 3 amide bonds. The first-order valence-corrected chi connectivity index (χ1v) is 32.7. The third-order valence-corrected chi connectivity index (χ3v) is 15.6. The van der Waals surface area contributed by atoms with E-state index in [1.54, 1.807) is 99.1 Å². The molecule has 1 saturated heterocycles. The zero-order valence-corrected chi connectivity index (χ0v) is 63.9. The predicted octanol–water partition coefficient (Wildman–Crippen LogP) is 15.5. The van der Waals surface area contributed by atoms with Gasteiger partial charge in [-0.05, 0) is 177 Å². The largest absolute Gasteiger partial charge is 1.00 e. The molecule has 9 aromatic rings. The molecule has 28 heteroatoms. The Balaban J connectivity index is 0.000000303. The maximum atomic E-state index is 14.2. The molecule has 0 radical (unpaired) electrons. The van der Waals surface area contributed by atoms with E-state index in [1.165, 1.54) is 130 Å². The van der Waals surface area contributed by atoms with E-state index in [1.807, 2.05) is 42.0 Å². The standard InChI is InChI=1S/C24H21BrFNO5.C23H21BrFNO4.C22H19BrFNO4.C4H8O.CH3F.H3N2O.Na/c1-15(28)27(14-17-12-21(30-3)9-11-23(17)31-16(2)29)22-13-19(26)6-10-24(22)32-20-7-4-18(25)5-8-20;1-15(27)26(14-16-12-20(28-2)9-11-22(16)29-3)21-13-18(25)6-10-23(21)30-19-7-4-17(24)5-8-19;1-14(26)25(13-15-11-19(28-2)8-9-21(15)27)20-12-17(24)5-10-22(20)29-18-6-3-16(23)4-7-18;1-2-4-5-3-1;1-2;1-2-3;/h4-13H,14H2,1-3H3;4-13H,14H2,1-3H3;3-12,27H,13H2,1-2H3;1-4H2;1H3;3H,1H2;/q;;;;;-1;+1/i;;;;1D;;. The van der Waals surface area contributed by atoms with Crippen molar-refractivity contribution in [3.05, 3.63) is 235 Å². The fourth-order valence-corrected chi connectivity index (χ4v) is 10.0. The fraction of sp³-hybridized carbons (Fsp3) is 0.216. The van der Waals surface area contributed by atoms with Gasteiger partial charge in [-0.25, -0.2) is 13.2 Å². The summed E-state index contributed by atoms with van der Waals surface area (Å²) < 4.78 is 110. The molecule has 0 bridgehead atoms. The number of phenolic OH excluding ortho intramolecular Hbond substituents is 1. The third-order valence-electron chi connectivity index (χ3n) is 14.0. The summed E-state index contributed by atoms with van der Waals surface area (Å²) in [5.41, 5.74) is 4.48. The van der Waals surface area contributed by atoms with Crippen LogP contribution in [0.15, 0.2) is 195 Å². The summed E-state index contributed by atoms with van der Waals surface area (Å²) in [5, 5.41) is 17.2. The van der Waals surface area contributed by atoms with Crippen molar-refractivity contribution < 1.29 is 121 Å². The van der Waals surface area contributed by atoms with Crippen molar-refractivity contribution in [3.63, 3.8) is 0 Å². The van der Waals surface area contributed by atoms with E-state index in [9.17, 15) is 41.8 Å². The van der Waals surface area contributed by atoms with Gasteiger partial charge in [0.05, 0.1) is 73.7 Å². The second-order valence-corrected chi connectivity index (χ2v) is 23.7. The molecule has 1 aliphatic heterocycles. The number of amides is 3. The number of carbonyl (C=O) groups excluding carboxylic acids is 4. The quantitative estimate of drug-likeness (QED) is 0.0160. The molecule has 9 aromatic carbocycles. The van der Waals surface area contributed by atoms with Gasteiger partial charge >= 0.3 is 35.5 Å². The Hall–Kier alpha value is -8.74. The van der Waals surface area contributed by atoms with Crippen LogP contribution in [0.4, 0.5) is 34.6 Å². The summed E-state index contributed by atoms with van der Waals surface area (Å²) in [7, 11) is 5.12. The number of halogens is 7. The molecule has 102 heavy (non-hydrogen) atoms. The SMILES string of the molecule is C1CCOC1.COc1ccc(O)c(CN(C(C)=O)c2cc(F)ccc2Oc2ccc(Br)cc2)c1.COc1ccc(OC(C)=O)c(CN(C(C)=O)c2cc(F)ccc2Oc2ccc(Br)cc2)c1.COc1ccc(OC)c(CN(C(C)=O)c2cc(F)ccc2Oc2ccc(Br)cc2)c1.N[N-]O.[2H]CF.[Na+]. The van der Waals surface area contributed by atoms with Gasteiger partial charge in [-0.1, -0.05) is 47.8 Å². The smallest absolute Gasteiger partial charge is 0.508 e. The molecular weight excluding hydrogens is 1540 g/mol. The van der Waals surface area contributed by atoms with E-state index in [4.69, 9.17) is 49.2 Å². The number of rotatable bonds is 20. The second kappa shape index (κ2) is 44.6. The minimum absolute atomic E-state index is 0. The summed E-state index contributed by atoms with van der Waals surface area (Å²) in [6.07, 6.45) is 2.56. The maximum absolute atomic E-state index is 14.2.